The number of hydrogen-bond acceptors (Lipinski definition) is 7. The van der Waals surface area contributed by atoms with Gasteiger partial charge >= 0.3 is 0 Å². The van der Waals surface area contributed by atoms with E-state index in [9.17, 15) is 4.79 Å². The fourth-order valence-electron chi connectivity index (χ4n) is 2.53. The number of ether oxygens (including phenoxy) is 1. The molecular formula is C16H19Cl2N5O2S. The molecule has 0 bridgehead atoms. The zero-order valence-corrected chi connectivity index (χ0v) is 16.5. The molecule has 1 aliphatic rings. The van der Waals surface area contributed by atoms with E-state index >= 15 is 0 Å². The van der Waals surface area contributed by atoms with Crippen LogP contribution in [-0.4, -0.2) is 55.3 Å². The maximum Gasteiger partial charge on any atom is 0.253 e. The molecule has 0 saturated carbocycles. The standard InChI is InChI=1S/C16H19Cl2N5O2S/c1-10-8-13(23-4-6-25-7-5-23)22-16(21-10)20-3-2-19-15(24)11-9-12(17)26-14(11)18/h8-9H,2-7H2,1H3,(H,19,24)(H,20,21,22). The Bertz CT molecular complexity index is 780. The minimum Gasteiger partial charge on any atom is -0.378 e. The molecule has 1 amide bonds. The maximum atomic E-state index is 12.1. The molecule has 0 spiro atoms. The summed E-state index contributed by atoms with van der Waals surface area (Å²) in [4.78, 5) is 23.2. The van der Waals surface area contributed by atoms with Gasteiger partial charge in [-0.2, -0.15) is 4.98 Å². The molecule has 26 heavy (non-hydrogen) atoms. The normalized spacial score (nSPS) is 14.3. The molecule has 0 aliphatic carbocycles. The summed E-state index contributed by atoms with van der Waals surface area (Å²) >= 11 is 13.0. The van der Waals surface area contributed by atoms with Crippen molar-refractivity contribution < 1.29 is 9.53 Å². The molecule has 1 fully saturated rings. The van der Waals surface area contributed by atoms with Crippen molar-refractivity contribution in [1.29, 1.82) is 0 Å². The van der Waals surface area contributed by atoms with Gasteiger partial charge in [-0.05, 0) is 13.0 Å². The van der Waals surface area contributed by atoms with Crippen molar-refractivity contribution >= 4 is 52.2 Å². The second-order valence-corrected chi connectivity index (χ2v) is 8.00. The third kappa shape index (κ3) is 4.97. The summed E-state index contributed by atoms with van der Waals surface area (Å²) < 4.78 is 6.25. The van der Waals surface area contributed by atoms with E-state index < -0.39 is 0 Å². The number of hydrogen-bond donors (Lipinski definition) is 2. The topological polar surface area (TPSA) is 79.4 Å². The summed E-state index contributed by atoms with van der Waals surface area (Å²) in [7, 11) is 0. The zero-order valence-electron chi connectivity index (χ0n) is 14.2. The Labute approximate surface area is 165 Å². The highest BCUT2D eigenvalue weighted by atomic mass is 35.5. The average molecular weight is 416 g/mol. The Morgan fingerprint density at radius 3 is 2.73 bits per heavy atom. The fraction of sp³-hybridized carbons (Fsp3) is 0.438. The fourth-order valence-corrected chi connectivity index (χ4v) is 3.98. The molecule has 1 aliphatic heterocycles. The van der Waals surface area contributed by atoms with Crippen LogP contribution >= 0.6 is 34.5 Å². The zero-order chi connectivity index (χ0) is 18.5. The summed E-state index contributed by atoms with van der Waals surface area (Å²) in [5, 5.41) is 5.94. The third-order valence-electron chi connectivity index (χ3n) is 3.77. The molecule has 2 aromatic rings. The minimum absolute atomic E-state index is 0.251. The van der Waals surface area contributed by atoms with Crippen molar-refractivity contribution in [2.24, 2.45) is 0 Å². The highest BCUT2D eigenvalue weighted by Gasteiger charge is 2.15. The van der Waals surface area contributed by atoms with E-state index in [4.69, 9.17) is 27.9 Å². The van der Waals surface area contributed by atoms with E-state index in [0.29, 0.717) is 46.5 Å². The first-order valence-corrected chi connectivity index (χ1v) is 9.75. The SMILES string of the molecule is Cc1cc(N2CCOCC2)nc(NCCNC(=O)c2cc(Cl)sc2Cl)n1. The largest absolute Gasteiger partial charge is 0.378 e. The van der Waals surface area contributed by atoms with Crippen LogP contribution in [0, 0.1) is 6.92 Å². The van der Waals surface area contributed by atoms with Crippen LogP contribution in [0.15, 0.2) is 12.1 Å². The van der Waals surface area contributed by atoms with Crippen molar-refractivity contribution in [3.8, 4) is 0 Å². The van der Waals surface area contributed by atoms with E-state index in [1.807, 2.05) is 13.0 Å². The molecule has 3 rings (SSSR count). The Morgan fingerprint density at radius 1 is 1.27 bits per heavy atom. The number of rotatable bonds is 6. The maximum absolute atomic E-state index is 12.1. The lowest BCUT2D eigenvalue weighted by Crippen LogP contribution is -2.37. The van der Waals surface area contributed by atoms with Gasteiger partial charge in [0.1, 0.15) is 10.2 Å². The summed E-state index contributed by atoms with van der Waals surface area (Å²) in [6.45, 7) is 5.87. The molecule has 0 unspecified atom stereocenters. The lowest BCUT2D eigenvalue weighted by atomic mass is 10.3. The molecule has 3 heterocycles. The van der Waals surface area contributed by atoms with E-state index in [2.05, 4.69) is 25.5 Å². The molecule has 1 saturated heterocycles. The molecule has 0 atom stereocenters. The second-order valence-electron chi connectivity index (χ2n) is 5.71. The van der Waals surface area contributed by atoms with Crippen LogP contribution in [0.3, 0.4) is 0 Å². The lowest BCUT2D eigenvalue weighted by Gasteiger charge is -2.28. The second kappa shape index (κ2) is 8.85. The first-order chi connectivity index (χ1) is 12.5. The number of aryl methyl sites for hydroxylation is 1. The molecule has 2 aromatic heterocycles. The van der Waals surface area contributed by atoms with E-state index in [1.54, 1.807) is 6.07 Å². The van der Waals surface area contributed by atoms with Crippen molar-refractivity contribution in [3.63, 3.8) is 0 Å². The number of nitrogens with one attached hydrogen (secondary N) is 2. The monoisotopic (exact) mass is 415 g/mol. The van der Waals surface area contributed by atoms with Crippen LogP contribution in [0.1, 0.15) is 16.1 Å². The number of halogens is 2. The number of carbonyl (C=O) groups is 1. The van der Waals surface area contributed by atoms with Gasteiger partial charge in [0.2, 0.25) is 5.95 Å². The van der Waals surface area contributed by atoms with Crippen molar-refractivity contribution in [3.05, 3.63) is 32.1 Å². The van der Waals surface area contributed by atoms with E-state index in [1.165, 1.54) is 11.3 Å². The molecular weight excluding hydrogens is 397 g/mol. The highest BCUT2D eigenvalue weighted by Crippen LogP contribution is 2.30. The summed E-state index contributed by atoms with van der Waals surface area (Å²) in [5.41, 5.74) is 1.27. The number of morpholine rings is 1. The van der Waals surface area contributed by atoms with E-state index in [-0.39, 0.29) is 5.91 Å². The number of nitrogens with zero attached hydrogens (tertiary/aromatic N) is 3. The average Bonchev–Trinajstić information content (AvgIpc) is 2.97. The van der Waals surface area contributed by atoms with Crippen LogP contribution in [0.4, 0.5) is 11.8 Å². The Kier molecular flexibility index (Phi) is 6.53. The van der Waals surface area contributed by atoms with Gasteiger partial charge in [0.15, 0.2) is 0 Å². The Balaban J connectivity index is 1.52. The van der Waals surface area contributed by atoms with Gasteiger partial charge in [0.25, 0.3) is 5.91 Å². The quantitative estimate of drug-likeness (QED) is 0.706. The summed E-state index contributed by atoms with van der Waals surface area (Å²) in [5.74, 6) is 1.17. The van der Waals surface area contributed by atoms with Gasteiger partial charge < -0.3 is 20.3 Å². The van der Waals surface area contributed by atoms with Crippen molar-refractivity contribution in [2.75, 3.05) is 49.6 Å². The van der Waals surface area contributed by atoms with Crippen molar-refractivity contribution in [2.45, 2.75) is 6.92 Å². The smallest absolute Gasteiger partial charge is 0.253 e. The van der Waals surface area contributed by atoms with Gasteiger partial charge in [-0.1, -0.05) is 23.2 Å². The number of aromatic nitrogens is 2. The summed E-state index contributed by atoms with van der Waals surface area (Å²) in [6.07, 6.45) is 0. The first kappa shape index (κ1) is 19.2. The molecule has 7 nitrogen and oxygen atoms in total. The molecule has 0 aromatic carbocycles. The molecule has 10 heteroatoms. The van der Waals surface area contributed by atoms with Crippen LogP contribution < -0.4 is 15.5 Å². The van der Waals surface area contributed by atoms with E-state index in [0.717, 1.165) is 24.6 Å². The first-order valence-electron chi connectivity index (χ1n) is 8.18. The number of anilines is 2. The minimum atomic E-state index is -0.251. The predicted octanol–water partition coefficient (Wildman–Crippen LogP) is 2.83. The third-order valence-corrected chi connectivity index (χ3v) is 5.26. The lowest BCUT2D eigenvalue weighted by molar-refractivity contribution is 0.0955. The number of thiophene rings is 1. The van der Waals surface area contributed by atoms with Crippen LogP contribution in [0.2, 0.25) is 8.67 Å². The van der Waals surface area contributed by atoms with Crippen LogP contribution in [-0.2, 0) is 4.74 Å². The van der Waals surface area contributed by atoms with Gasteiger partial charge in [-0.3, -0.25) is 4.79 Å². The molecule has 2 N–H and O–H groups in total. The number of amides is 1. The summed E-state index contributed by atoms with van der Waals surface area (Å²) in [6, 6.07) is 3.52. The van der Waals surface area contributed by atoms with Gasteiger partial charge in [-0.25, -0.2) is 4.98 Å². The predicted molar refractivity (Wildman–Crippen MR) is 105 cm³/mol. The van der Waals surface area contributed by atoms with Crippen molar-refractivity contribution in [1.82, 2.24) is 15.3 Å². The van der Waals surface area contributed by atoms with Gasteiger partial charge in [-0.15, -0.1) is 11.3 Å². The molecule has 140 valence electrons. The molecule has 0 radical (unpaired) electrons. The van der Waals surface area contributed by atoms with Crippen LogP contribution in [0.25, 0.3) is 0 Å². The highest BCUT2D eigenvalue weighted by molar-refractivity contribution is 7.20. The van der Waals surface area contributed by atoms with Gasteiger partial charge in [0.05, 0.1) is 23.1 Å². The number of carbonyl (C=O) groups excluding carboxylic acids is 1. The van der Waals surface area contributed by atoms with Gasteiger partial charge in [0, 0.05) is 37.9 Å². The Hall–Kier alpha value is -1.61. The Morgan fingerprint density at radius 2 is 2.04 bits per heavy atom. The van der Waals surface area contributed by atoms with Crippen LogP contribution in [0.5, 0.6) is 0 Å².